The van der Waals surface area contributed by atoms with E-state index in [1.165, 1.54) is 42.6 Å². The summed E-state index contributed by atoms with van der Waals surface area (Å²) in [4.78, 5) is 49.0. The highest BCUT2D eigenvalue weighted by Gasteiger charge is 2.39. The number of primary amides is 1. The molecule has 1 heterocycles. The van der Waals surface area contributed by atoms with Crippen molar-refractivity contribution in [2.75, 3.05) is 32.7 Å². The van der Waals surface area contributed by atoms with Crippen molar-refractivity contribution >= 4 is 39.4 Å². The van der Waals surface area contributed by atoms with E-state index >= 15 is 0 Å². The number of hydrogen-bond donors (Lipinski definition) is 5. The number of hydrogen-bond acceptors (Lipinski definition) is 8. The predicted octanol–water partition coefficient (Wildman–Crippen LogP) is 5.50. The zero-order valence-corrected chi connectivity index (χ0v) is 28.8. The Morgan fingerprint density at radius 3 is 1.94 bits per heavy atom. The molecule has 0 radical (unpaired) electrons. The summed E-state index contributed by atoms with van der Waals surface area (Å²) in [7, 11) is 0. The first-order valence-corrected chi connectivity index (χ1v) is 16.7. The van der Waals surface area contributed by atoms with Gasteiger partial charge >= 0.3 is 29.2 Å². The summed E-state index contributed by atoms with van der Waals surface area (Å²) in [6.07, 6.45) is -4.06. The van der Waals surface area contributed by atoms with E-state index in [0.717, 1.165) is 42.9 Å². The number of amides is 1. The van der Waals surface area contributed by atoms with Crippen molar-refractivity contribution in [2.24, 2.45) is 5.73 Å². The minimum absolute atomic E-state index is 0.0551. The number of carbonyl (C=O) groups excluding carboxylic acids is 1. The Balaban J connectivity index is 0.000000543. The third-order valence-electron chi connectivity index (χ3n) is 8.19. The Labute approximate surface area is 293 Å². The van der Waals surface area contributed by atoms with Crippen molar-refractivity contribution in [3.63, 3.8) is 0 Å². The summed E-state index contributed by atoms with van der Waals surface area (Å²) in [5.74, 6) is -5.66. The molecule has 18 heteroatoms. The number of nitrogens with two attached hydrogens (primary N) is 1. The number of phenolic OH excluding ortho intramolecular Hbond substituents is 1. The van der Waals surface area contributed by atoms with Gasteiger partial charge < -0.3 is 30.9 Å². The highest BCUT2D eigenvalue weighted by Crippen LogP contribution is 2.30. The Morgan fingerprint density at radius 1 is 0.882 bits per heavy atom. The average Bonchev–Trinajstić information content (AvgIpc) is 3.71. The molecule has 1 aliphatic rings. The summed E-state index contributed by atoms with van der Waals surface area (Å²) >= 11 is 1.17. The van der Waals surface area contributed by atoms with Crippen LogP contribution in [0.25, 0.3) is 10.2 Å². The van der Waals surface area contributed by atoms with Gasteiger partial charge in [-0.1, -0.05) is 74.4 Å². The van der Waals surface area contributed by atoms with Crippen LogP contribution in [0.1, 0.15) is 57.1 Å². The molecule has 0 bridgehead atoms. The zero-order valence-electron chi connectivity index (χ0n) is 28.0. The highest BCUT2D eigenvalue weighted by molar-refractivity contribution is 7.16. The molecule has 3 aromatic rings. The maximum Gasteiger partial charge on any atom is 0.490 e. The number of benzene rings is 2. The molecule has 0 spiro atoms. The van der Waals surface area contributed by atoms with E-state index in [0.29, 0.717) is 24.5 Å². The number of H-pyrrole nitrogens is 1. The second kappa shape index (κ2) is 18.9. The van der Waals surface area contributed by atoms with Crippen LogP contribution in [-0.4, -0.2) is 99.1 Å². The van der Waals surface area contributed by atoms with Gasteiger partial charge in [0.1, 0.15) is 11.3 Å². The summed E-state index contributed by atoms with van der Waals surface area (Å²) in [6.45, 7) is 8.68. The number of carbonyl (C=O) groups is 3. The molecular formula is C33H42F6N4O7S. The molecule has 284 valence electrons. The number of aromatic hydroxyl groups is 1. The Bertz CT molecular complexity index is 1610. The number of halogens is 6. The van der Waals surface area contributed by atoms with Gasteiger partial charge in [-0.2, -0.15) is 26.3 Å². The number of carboxylic acid groups (broad SMARTS) is 2. The van der Waals surface area contributed by atoms with E-state index < -0.39 is 24.3 Å². The first kappa shape index (κ1) is 43.0. The van der Waals surface area contributed by atoms with E-state index in [2.05, 4.69) is 52.9 Å². The quantitative estimate of drug-likeness (QED) is 0.141. The highest BCUT2D eigenvalue weighted by atomic mass is 32.1. The zero-order chi connectivity index (χ0) is 38.6. The van der Waals surface area contributed by atoms with Crippen LogP contribution in [0, 0.1) is 0 Å². The third-order valence-corrected chi connectivity index (χ3v) is 9.14. The molecule has 0 atom stereocenters. The molecule has 6 N–H and O–H groups in total. The summed E-state index contributed by atoms with van der Waals surface area (Å²) < 4.78 is 64.3. The van der Waals surface area contributed by atoms with Crippen molar-refractivity contribution in [1.29, 1.82) is 0 Å². The number of thiazole rings is 1. The van der Waals surface area contributed by atoms with Gasteiger partial charge in [-0.3, -0.25) is 14.5 Å². The van der Waals surface area contributed by atoms with Crippen molar-refractivity contribution in [1.82, 2.24) is 14.8 Å². The molecule has 1 amide bonds. The van der Waals surface area contributed by atoms with E-state index in [4.69, 9.17) is 25.5 Å². The van der Waals surface area contributed by atoms with Crippen molar-refractivity contribution < 1.29 is 56.0 Å². The molecule has 2 aromatic carbocycles. The van der Waals surface area contributed by atoms with E-state index in [1.807, 2.05) is 12.1 Å². The fourth-order valence-corrected chi connectivity index (χ4v) is 6.53. The number of alkyl halides is 6. The Hall–Kier alpha value is -4.16. The first-order valence-electron chi connectivity index (χ1n) is 15.9. The van der Waals surface area contributed by atoms with Gasteiger partial charge in [0.2, 0.25) is 5.91 Å². The van der Waals surface area contributed by atoms with Crippen molar-refractivity contribution in [3.8, 4) is 5.75 Å². The summed E-state index contributed by atoms with van der Waals surface area (Å²) in [5.41, 5.74) is 8.39. The SMILES string of the molecule is CC(C)(CN(CCC(N)=O)CCN(CCc1ccc(O)c2[nH]c(=O)sc12)C1CCCC1)c1ccccc1.O=C(O)C(F)(F)F.O=C(O)C(F)(F)F. The van der Waals surface area contributed by atoms with Gasteiger partial charge in [-0.05, 0) is 36.5 Å². The van der Waals surface area contributed by atoms with E-state index in [1.54, 1.807) is 6.07 Å². The van der Waals surface area contributed by atoms with E-state index in [-0.39, 0.29) is 21.9 Å². The maximum absolute atomic E-state index is 11.9. The molecule has 11 nitrogen and oxygen atoms in total. The molecule has 0 unspecified atom stereocenters. The lowest BCUT2D eigenvalue weighted by Gasteiger charge is -2.36. The largest absolute Gasteiger partial charge is 0.506 e. The van der Waals surface area contributed by atoms with Gasteiger partial charge in [0.05, 0.1) is 4.70 Å². The van der Waals surface area contributed by atoms with Crippen molar-refractivity contribution in [3.05, 3.63) is 63.3 Å². The average molecular weight is 753 g/mol. The third kappa shape index (κ3) is 14.5. The summed E-state index contributed by atoms with van der Waals surface area (Å²) in [5, 5.41) is 24.4. The Kier molecular flexibility index (Phi) is 15.9. The molecule has 0 saturated heterocycles. The van der Waals surface area contributed by atoms with Gasteiger partial charge in [-0.15, -0.1) is 0 Å². The maximum atomic E-state index is 11.9. The minimum Gasteiger partial charge on any atom is -0.506 e. The molecule has 51 heavy (non-hydrogen) atoms. The van der Waals surface area contributed by atoms with Gasteiger partial charge in [0, 0.05) is 50.6 Å². The van der Waals surface area contributed by atoms with Crippen LogP contribution in [0.4, 0.5) is 26.3 Å². The van der Waals surface area contributed by atoms with Crippen LogP contribution in [0.15, 0.2) is 47.3 Å². The van der Waals surface area contributed by atoms with Crippen LogP contribution in [0.2, 0.25) is 0 Å². The second-order valence-corrected chi connectivity index (χ2v) is 13.5. The number of fused-ring (bicyclic) bond motifs is 1. The van der Waals surface area contributed by atoms with Gasteiger partial charge in [-0.25, -0.2) is 9.59 Å². The standard InChI is InChI=1S/C29H40N4O3S.2C2HF3O2/c1-29(2,22-8-4-3-5-9-22)20-32(16-15-25(30)35)18-19-33(23-10-6-7-11-23)17-14-21-12-13-24(34)26-27(21)37-28(36)31-26;2*3-2(4,5)1(6)7/h3-5,8-9,12-13,23,34H,6-7,10-11,14-20H2,1-2H3,(H2,30,35)(H,31,36);2*(H,6,7). The van der Waals surface area contributed by atoms with Crippen molar-refractivity contribution in [2.45, 2.75) is 76.2 Å². The molecule has 1 aliphatic carbocycles. The lowest BCUT2D eigenvalue weighted by Crippen LogP contribution is -2.45. The molecular weight excluding hydrogens is 710 g/mol. The lowest BCUT2D eigenvalue weighted by atomic mass is 9.84. The number of nitrogens with one attached hydrogen (secondary N) is 1. The second-order valence-electron chi connectivity index (χ2n) is 12.5. The Morgan fingerprint density at radius 2 is 1.43 bits per heavy atom. The smallest absolute Gasteiger partial charge is 0.490 e. The number of phenols is 1. The molecule has 4 rings (SSSR count). The number of aromatic nitrogens is 1. The van der Waals surface area contributed by atoms with Crippen LogP contribution in [0.3, 0.4) is 0 Å². The molecule has 1 saturated carbocycles. The lowest BCUT2D eigenvalue weighted by molar-refractivity contribution is -0.193. The van der Waals surface area contributed by atoms with Crippen LogP contribution < -0.4 is 10.6 Å². The number of aliphatic carboxylic acids is 2. The summed E-state index contributed by atoms with van der Waals surface area (Å²) in [6, 6.07) is 14.7. The fourth-order valence-electron chi connectivity index (χ4n) is 5.63. The fraction of sp³-hybridized carbons (Fsp3) is 0.515. The van der Waals surface area contributed by atoms with Crippen LogP contribution in [0.5, 0.6) is 5.75 Å². The minimum atomic E-state index is -5.08. The number of rotatable bonds is 13. The number of carboxylic acids is 2. The topological polar surface area (TPSA) is 177 Å². The monoisotopic (exact) mass is 752 g/mol. The van der Waals surface area contributed by atoms with Crippen LogP contribution in [-0.2, 0) is 26.2 Å². The molecule has 1 aromatic heterocycles. The van der Waals surface area contributed by atoms with E-state index in [9.17, 15) is 41.0 Å². The predicted molar refractivity (Wildman–Crippen MR) is 179 cm³/mol. The van der Waals surface area contributed by atoms with Gasteiger partial charge in [0.15, 0.2) is 0 Å². The normalized spacial score (nSPS) is 13.8. The molecule has 1 fully saturated rings. The number of nitrogens with zero attached hydrogens (tertiary/aromatic N) is 2. The number of aromatic amines is 1. The molecule has 0 aliphatic heterocycles. The first-order chi connectivity index (χ1) is 23.6. The van der Waals surface area contributed by atoms with Gasteiger partial charge in [0.25, 0.3) is 0 Å². The van der Waals surface area contributed by atoms with Crippen LogP contribution >= 0.6 is 11.3 Å².